The molecule has 0 aliphatic carbocycles. The summed E-state index contributed by atoms with van der Waals surface area (Å²) in [6, 6.07) is 7.77. The van der Waals surface area contributed by atoms with Crippen molar-refractivity contribution in [2.24, 2.45) is 0 Å². The van der Waals surface area contributed by atoms with Gasteiger partial charge < -0.3 is 15.0 Å². The SMILES string of the molecule is CN1CCOC(CNc2ccc(Cl)c3cccnc23)C1. The molecule has 1 aliphatic heterocycles. The van der Waals surface area contributed by atoms with Crippen LogP contribution in [0, 0.1) is 0 Å². The van der Waals surface area contributed by atoms with Crippen LogP contribution < -0.4 is 5.32 Å². The Hall–Kier alpha value is -1.36. The first-order chi connectivity index (χ1) is 9.74. The number of ether oxygens (including phenoxy) is 1. The van der Waals surface area contributed by atoms with Crippen molar-refractivity contribution in [3.05, 3.63) is 35.5 Å². The summed E-state index contributed by atoms with van der Waals surface area (Å²) in [5, 5.41) is 5.13. The zero-order chi connectivity index (χ0) is 13.9. The van der Waals surface area contributed by atoms with Crippen LogP contribution >= 0.6 is 11.6 Å². The average Bonchev–Trinajstić information content (AvgIpc) is 2.47. The minimum Gasteiger partial charge on any atom is -0.381 e. The number of halogens is 1. The molecule has 20 heavy (non-hydrogen) atoms. The maximum absolute atomic E-state index is 6.20. The molecule has 2 heterocycles. The molecular weight excluding hydrogens is 274 g/mol. The number of hydrogen-bond donors (Lipinski definition) is 1. The van der Waals surface area contributed by atoms with Crippen molar-refractivity contribution in [1.29, 1.82) is 0 Å². The van der Waals surface area contributed by atoms with Crippen molar-refractivity contribution in [2.75, 3.05) is 38.6 Å². The molecule has 1 saturated heterocycles. The highest BCUT2D eigenvalue weighted by Gasteiger charge is 2.17. The van der Waals surface area contributed by atoms with Gasteiger partial charge in [0.2, 0.25) is 0 Å². The lowest BCUT2D eigenvalue weighted by Gasteiger charge is -2.30. The summed E-state index contributed by atoms with van der Waals surface area (Å²) in [4.78, 5) is 6.71. The van der Waals surface area contributed by atoms with Crippen LogP contribution in [0.15, 0.2) is 30.5 Å². The highest BCUT2D eigenvalue weighted by atomic mass is 35.5. The normalized spacial score (nSPS) is 20.2. The molecule has 1 unspecified atom stereocenters. The van der Waals surface area contributed by atoms with E-state index in [0.717, 1.165) is 47.9 Å². The van der Waals surface area contributed by atoms with Crippen molar-refractivity contribution in [3.63, 3.8) is 0 Å². The van der Waals surface area contributed by atoms with Gasteiger partial charge in [0.15, 0.2) is 0 Å². The zero-order valence-electron chi connectivity index (χ0n) is 11.5. The Balaban J connectivity index is 1.76. The van der Waals surface area contributed by atoms with E-state index in [1.54, 1.807) is 6.20 Å². The molecule has 1 atom stereocenters. The van der Waals surface area contributed by atoms with E-state index in [0.29, 0.717) is 0 Å². The van der Waals surface area contributed by atoms with E-state index in [9.17, 15) is 0 Å². The molecule has 2 aromatic rings. The molecule has 106 valence electrons. The van der Waals surface area contributed by atoms with Gasteiger partial charge in [0.1, 0.15) is 0 Å². The lowest BCUT2D eigenvalue weighted by atomic mass is 10.2. The molecule has 0 saturated carbocycles. The fourth-order valence-electron chi connectivity index (χ4n) is 2.49. The second-order valence-electron chi connectivity index (χ2n) is 5.13. The number of rotatable bonds is 3. The second-order valence-corrected chi connectivity index (χ2v) is 5.54. The third kappa shape index (κ3) is 2.87. The topological polar surface area (TPSA) is 37.4 Å². The number of benzene rings is 1. The van der Waals surface area contributed by atoms with Gasteiger partial charge in [-0.1, -0.05) is 11.6 Å². The molecule has 5 heteroatoms. The second kappa shape index (κ2) is 5.95. The molecule has 1 aliphatic rings. The smallest absolute Gasteiger partial charge is 0.0948 e. The van der Waals surface area contributed by atoms with Crippen LogP contribution in [0.5, 0.6) is 0 Å². The van der Waals surface area contributed by atoms with Gasteiger partial charge in [-0.3, -0.25) is 4.98 Å². The number of likely N-dealkylation sites (N-methyl/N-ethyl adjacent to an activating group) is 1. The summed E-state index contributed by atoms with van der Waals surface area (Å²) in [6.07, 6.45) is 2.00. The Kier molecular flexibility index (Phi) is 4.05. The highest BCUT2D eigenvalue weighted by molar-refractivity contribution is 6.35. The summed E-state index contributed by atoms with van der Waals surface area (Å²) in [6.45, 7) is 3.52. The van der Waals surface area contributed by atoms with Crippen LogP contribution in [0.25, 0.3) is 10.9 Å². The Morgan fingerprint density at radius 3 is 3.20 bits per heavy atom. The molecular formula is C15H18ClN3O. The van der Waals surface area contributed by atoms with Crippen LogP contribution in [-0.2, 0) is 4.74 Å². The van der Waals surface area contributed by atoms with Crippen LogP contribution in [-0.4, -0.2) is 49.3 Å². The van der Waals surface area contributed by atoms with E-state index in [1.165, 1.54) is 0 Å². The van der Waals surface area contributed by atoms with Crippen LogP contribution in [0.4, 0.5) is 5.69 Å². The number of fused-ring (bicyclic) bond motifs is 1. The summed E-state index contributed by atoms with van der Waals surface area (Å²) >= 11 is 6.20. The van der Waals surface area contributed by atoms with Gasteiger partial charge in [0.25, 0.3) is 0 Å². The minimum atomic E-state index is 0.211. The minimum absolute atomic E-state index is 0.211. The number of nitrogens with one attached hydrogen (secondary N) is 1. The molecule has 1 aromatic heterocycles. The van der Waals surface area contributed by atoms with Crippen molar-refractivity contribution < 1.29 is 4.74 Å². The summed E-state index contributed by atoms with van der Waals surface area (Å²) < 4.78 is 5.76. The fourth-order valence-corrected chi connectivity index (χ4v) is 2.71. The molecule has 0 radical (unpaired) electrons. The number of hydrogen-bond acceptors (Lipinski definition) is 4. The Labute approximate surface area is 123 Å². The number of pyridine rings is 1. The predicted molar refractivity (Wildman–Crippen MR) is 82.5 cm³/mol. The van der Waals surface area contributed by atoms with Gasteiger partial charge in [-0.25, -0.2) is 0 Å². The van der Waals surface area contributed by atoms with Gasteiger partial charge >= 0.3 is 0 Å². The monoisotopic (exact) mass is 291 g/mol. The van der Waals surface area contributed by atoms with Gasteiger partial charge in [0.05, 0.1) is 28.9 Å². The first-order valence-corrected chi connectivity index (χ1v) is 7.19. The first kappa shape index (κ1) is 13.6. The van der Waals surface area contributed by atoms with E-state index in [1.807, 2.05) is 24.3 Å². The molecule has 4 nitrogen and oxygen atoms in total. The van der Waals surface area contributed by atoms with Gasteiger partial charge in [0, 0.05) is 31.2 Å². The van der Waals surface area contributed by atoms with Crippen molar-refractivity contribution in [3.8, 4) is 0 Å². The third-order valence-corrected chi connectivity index (χ3v) is 3.91. The summed E-state index contributed by atoms with van der Waals surface area (Å²) in [5.41, 5.74) is 1.91. The Morgan fingerprint density at radius 2 is 2.35 bits per heavy atom. The van der Waals surface area contributed by atoms with E-state index in [4.69, 9.17) is 16.3 Å². The number of morpholine rings is 1. The predicted octanol–water partition coefficient (Wildman–Crippen LogP) is 2.63. The van der Waals surface area contributed by atoms with Crippen LogP contribution in [0.3, 0.4) is 0 Å². The summed E-state index contributed by atoms with van der Waals surface area (Å²) in [7, 11) is 2.12. The van der Waals surface area contributed by atoms with E-state index < -0.39 is 0 Å². The molecule has 0 spiro atoms. The van der Waals surface area contributed by atoms with Crippen LogP contribution in [0.1, 0.15) is 0 Å². The highest BCUT2D eigenvalue weighted by Crippen LogP contribution is 2.27. The van der Waals surface area contributed by atoms with E-state index in [2.05, 4.69) is 22.2 Å². The molecule has 1 fully saturated rings. The Bertz CT molecular complexity index is 605. The Morgan fingerprint density at radius 1 is 1.45 bits per heavy atom. The van der Waals surface area contributed by atoms with Crippen LogP contribution in [0.2, 0.25) is 5.02 Å². The molecule has 3 rings (SSSR count). The number of anilines is 1. The lowest BCUT2D eigenvalue weighted by Crippen LogP contribution is -2.43. The van der Waals surface area contributed by atoms with E-state index in [-0.39, 0.29) is 6.10 Å². The van der Waals surface area contributed by atoms with Crippen molar-refractivity contribution >= 4 is 28.2 Å². The van der Waals surface area contributed by atoms with Gasteiger partial charge in [-0.2, -0.15) is 0 Å². The number of nitrogens with zero attached hydrogens (tertiary/aromatic N) is 2. The maximum atomic E-state index is 6.20. The largest absolute Gasteiger partial charge is 0.381 e. The molecule has 1 aromatic carbocycles. The van der Waals surface area contributed by atoms with E-state index >= 15 is 0 Å². The molecule has 1 N–H and O–H groups in total. The quantitative estimate of drug-likeness (QED) is 0.943. The van der Waals surface area contributed by atoms with Gasteiger partial charge in [-0.15, -0.1) is 0 Å². The molecule has 0 bridgehead atoms. The van der Waals surface area contributed by atoms with Crippen molar-refractivity contribution in [2.45, 2.75) is 6.10 Å². The summed E-state index contributed by atoms with van der Waals surface area (Å²) in [5.74, 6) is 0. The zero-order valence-corrected chi connectivity index (χ0v) is 12.2. The first-order valence-electron chi connectivity index (χ1n) is 6.81. The van der Waals surface area contributed by atoms with Gasteiger partial charge in [-0.05, 0) is 31.3 Å². The number of aromatic nitrogens is 1. The standard InChI is InChI=1S/C15H18ClN3O/c1-19-7-8-20-11(10-19)9-18-14-5-4-13(16)12-3-2-6-17-15(12)14/h2-6,11,18H,7-10H2,1H3. The van der Waals surface area contributed by atoms with Crippen molar-refractivity contribution in [1.82, 2.24) is 9.88 Å². The lowest BCUT2D eigenvalue weighted by molar-refractivity contribution is -0.0117. The average molecular weight is 292 g/mol. The maximum Gasteiger partial charge on any atom is 0.0948 e. The molecule has 0 amide bonds. The third-order valence-electron chi connectivity index (χ3n) is 3.58. The fraction of sp³-hybridized carbons (Fsp3) is 0.400.